The van der Waals surface area contributed by atoms with Gasteiger partial charge in [0.05, 0.1) is 11.9 Å². The molecule has 0 amide bonds. The molecule has 3 rings (SSSR count). The molecule has 1 saturated heterocycles. The van der Waals surface area contributed by atoms with E-state index in [4.69, 9.17) is 0 Å². The van der Waals surface area contributed by atoms with Crippen LogP contribution in [-0.4, -0.2) is 40.7 Å². The van der Waals surface area contributed by atoms with Crippen molar-refractivity contribution in [2.24, 2.45) is 0 Å². The van der Waals surface area contributed by atoms with Crippen molar-refractivity contribution >= 4 is 10.0 Å². The summed E-state index contributed by atoms with van der Waals surface area (Å²) in [6, 6.07) is 5.65. The lowest BCUT2D eigenvalue weighted by Gasteiger charge is -2.22. The third-order valence-electron chi connectivity index (χ3n) is 3.77. The molecule has 0 radical (unpaired) electrons. The van der Waals surface area contributed by atoms with Crippen LogP contribution >= 0.6 is 0 Å². The van der Waals surface area contributed by atoms with Gasteiger partial charge in [0.15, 0.2) is 0 Å². The van der Waals surface area contributed by atoms with Gasteiger partial charge in [-0.15, -0.1) is 0 Å². The lowest BCUT2D eigenvalue weighted by Crippen LogP contribution is -2.29. The highest BCUT2D eigenvalue weighted by Crippen LogP contribution is 2.34. The second-order valence-electron chi connectivity index (χ2n) is 5.44. The number of nitrogens with zero attached hydrogens (tertiary/aromatic N) is 3. The molecule has 21 heavy (non-hydrogen) atoms. The van der Waals surface area contributed by atoms with Gasteiger partial charge in [-0.1, -0.05) is 0 Å². The number of hydrogen-bond acceptors (Lipinski definition) is 4. The van der Waals surface area contributed by atoms with Gasteiger partial charge in [-0.25, -0.2) is 8.42 Å². The highest BCUT2D eigenvalue weighted by molar-refractivity contribution is 7.88. The maximum atomic E-state index is 11.9. The van der Waals surface area contributed by atoms with E-state index < -0.39 is 10.0 Å². The maximum Gasteiger partial charge on any atom is 0.211 e. The fourth-order valence-electron chi connectivity index (χ4n) is 2.81. The van der Waals surface area contributed by atoms with Gasteiger partial charge >= 0.3 is 0 Å². The molecule has 7 heteroatoms. The van der Waals surface area contributed by atoms with Gasteiger partial charge in [0.2, 0.25) is 10.0 Å². The molecule has 1 atom stereocenters. The second-order valence-corrected chi connectivity index (χ2v) is 7.38. The second kappa shape index (κ2) is 5.23. The van der Waals surface area contributed by atoms with Gasteiger partial charge in [-0.2, -0.15) is 9.40 Å². The lowest BCUT2D eigenvalue weighted by molar-refractivity contribution is 0.400. The summed E-state index contributed by atoms with van der Waals surface area (Å²) in [7, 11) is -3.18. The molecule has 0 aliphatic carbocycles. The van der Waals surface area contributed by atoms with Gasteiger partial charge in [0.1, 0.15) is 5.69 Å². The van der Waals surface area contributed by atoms with Crippen LogP contribution in [0.4, 0.5) is 0 Å². The zero-order valence-electron chi connectivity index (χ0n) is 12.1. The third kappa shape index (κ3) is 2.84. The number of nitrogens with one attached hydrogen (secondary N) is 1. The number of rotatable bonds is 3. The van der Waals surface area contributed by atoms with Crippen LogP contribution < -0.4 is 0 Å². The highest BCUT2D eigenvalue weighted by Gasteiger charge is 2.32. The minimum Gasteiger partial charge on any atom is -0.282 e. The van der Waals surface area contributed by atoms with E-state index in [1.807, 2.05) is 25.1 Å². The zero-order chi connectivity index (χ0) is 15.0. The fraction of sp³-hybridized carbons (Fsp3) is 0.429. The van der Waals surface area contributed by atoms with Crippen LogP contribution in [0, 0.1) is 6.92 Å². The molecule has 2 aromatic rings. The summed E-state index contributed by atoms with van der Waals surface area (Å²) in [6.07, 6.45) is 4.71. The summed E-state index contributed by atoms with van der Waals surface area (Å²) in [6.45, 7) is 2.52. The van der Waals surface area contributed by atoms with Gasteiger partial charge in [-0.05, 0) is 43.5 Å². The average molecular weight is 306 g/mol. The summed E-state index contributed by atoms with van der Waals surface area (Å²) in [4.78, 5) is 4.33. The lowest BCUT2D eigenvalue weighted by atomic mass is 10.1. The minimum atomic E-state index is -3.18. The Hall–Kier alpha value is -1.73. The highest BCUT2D eigenvalue weighted by atomic mass is 32.2. The van der Waals surface area contributed by atoms with Crippen LogP contribution in [0.15, 0.2) is 24.4 Å². The summed E-state index contributed by atoms with van der Waals surface area (Å²) in [5, 5.41) is 7.10. The van der Waals surface area contributed by atoms with E-state index in [0.717, 1.165) is 35.5 Å². The Balaban J connectivity index is 1.96. The van der Waals surface area contributed by atoms with E-state index in [0.29, 0.717) is 6.54 Å². The normalized spacial score (nSPS) is 20.0. The number of aryl methyl sites for hydroxylation is 1. The maximum absolute atomic E-state index is 11.9. The van der Waals surface area contributed by atoms with Crippen molar-refractivity contribution in [3.8, 4) is 11.4 Å². The van der Waals surface area contributed by atoms with Crippen molar-refractivity contribution in [1.29, 1.82) is 0 Å². The topological polar surface area (TPSA) is 79.0 Å². The molecule has 112 valence electrons. The Bertz CT molecular complexity index is 754. The van der Waals surface area contributed by atoms with Crippen LogP contribution in [0.1, 0.15) is 30.1 Å². The van der Waals surface area contributed by atoms with Crippen LogP contribution in [0.2, 0.25) is 0 Å². The number of aromatic amines is 1. The molecule has 0 bridgehead atoms. The van der Waals surface area contributed by atoms with E-state index in [1.54, 1.807) is 10.5 Å². The van der Waals surface area contributed by atoms with Crippen molar-refractivity contribution in [3.05, 3.63) is 35.7 Å². The standard InChI is InChI=1S/C14H18N4O2S/c1-10-8-13(17-16-10)12-9-11(5-6-15-12)14-4-3-7-18(14)21(2,19)20/h5-6,8-9,14H,3-4,7H2,1-2H3,(H,16,17)/t14-/m0/s1. The van der Waals surface area contributed by atoms with E-state index in [2.05, 4.69) is 15.2 Å². The first-order valence-corrected chi connectivity index (χ1v) is 8.75. The molecule has 3 heterocycles. The van der Waals surface area contributed by atoms with Gasteiger partial charge in [0.25, 0.3) is 0 Å². The van der Waals surface area contributed by atoms with Gasteiger partial charge in [-0.3, -0.25) is 10.1 Å². The van der Waals surface area contributed by atoms with Crippen molar-refractivity contribution in [2.75, 3.05) is 12.8 Å². The Morgan fingerprint density at radius 1 is 1.33 bits per heavy atom. The minimum absolute atomic E-state index is 0.0956. The number of pyridine rings is 1. The Morgan fingerprint density at radius 3 is 2.81 bits per heavy atom. The Labute approximate surface area is 124 Å². The fourth-order valence-corrected chi connectivity index (χ4v) is 3.96. The number of H-pyrrole nitrogens is 1. The predicted octanol–water partition coefficient (Wildman–Crippen LogP) is 1.88. The monoisotopic (exact) mass is 306 g/mol. The molecule has 0 unspecified atom stereocenters. The molecule has 0 spiro atoms. The average Bonchev–Trinajstić information content (AvgIpc) is 3.06. The van der Waals surface area contributed by atoms with E-state index >= 15 is 0 Å². The Kier molecular flexibility index (Phi) is 3.54. The molecule has 2 aromatic heterocycles. The van der Waals surface area contributed by atoms with Crippen LogP contribution in [0.5, 0.6) is 0 Å². The number of aromatic nitrogens is 3. The summed E-state index contributed by atoms with van der Waals surface area (Å²) < 4.78 is 25.3. The Morgan fingerprint density at radius 2 is 2.14 bits per heavy atom. The molecule has 0 saturated carbocycles. The van der Waals surface area contributed by atoms with E-state index in [-0.39, 0.29) is 6.04 Å². The van der Waals surface area contributed by atoms with Crippen molar-refractivity contribution in [1.82, 2.24) is 19.5 Å². The summed E-state index contributed by atoms with van der Waals surface area (Å²) in [5.41, 5.74) is 3.48. The first-order valence-electron chi connectivity index (χ1n) is 6.90. The number of sulfonamides is 1. The molecule has 1 aliphatic rings. The SMILES string of the molecule is Cc1cc(-c2cc([C@@H]3CCCN3S(C)(=O)=O)ccn2)n[nH]1. The largest absolute Gasteiger partial charge is 0.282 e. The molecule has 1 aliphatic heterocycles. The molecular weight excluding hydrogens is 288 g/mol. The summed E-state index contributed by atoms with van der Waals surface area (Å²) >= 11 is 0. The predicted molar refractivity (Wildman–Crippen MR) is 80.1 cm³/mol. The summed E-state index contributed by atoms with van der Waals surface area (Å²) in [5.74, 6) is 0. The molecule has 1 fully saturated rings. The van der Waals surface area contributed by atoms with Crippen LogP contribution in [0.25, 0.3) is 11.4 Å². The molecule has 6 nitrogen and oxygen atoms in total. The van der Waals surface area contributed by atoms with Gasteiger partial charge in [0, 0.05) is 24.5 Å². The van der Waals surface area contributed by atoms with Gasteiger partial charge < -0.3 is 0 Å². The smallest absolute Gasteiger partial charge is 0.211 e. The first-order chi connectivity index (χ1) is 9.95. The zero-order valence-corrected chi connectivity index (χ0v) is 12.9. The first kappa shape index (κ1) is 14.2. The quantitative estimate of drug-likeness (QED) is 0.939. The van der Waals surface area contributed by atoms with E-state index in [1.165, 1.54) is 6.26 Å². The van der Waals surface area contributed by atoms with Crippen LogP contribution in [0.3, 0.4) is 0 Å². The molecular formula is C14H18N4O2S. The van der Waals surface area contributed by atoms with Crippen molar-refractivity contribution in [2.45, 2.75) is 25.8 Å². The molecule has 0 aromatic carbocycles. The third-order valence-corrected chi connectivity index (χ3v) is 5.06. The van der Waals surface area contributed by atoms with Crippen molar-refractivity contribution < 1.29 is 8.42 Å². The molecule has 1 N–H and O–H groups in total. The van der Waals surface area contributed by atoms with Crippen LogP contribution in [-0.2, 0) is 10.0 Å². The van der Waals surface area contributed by atoms with E-state index in [9.17, 15) is 8.42 Å². The van der Waals surface area contributed by atoms with Crippen molar-refractivity contribution in [3.63, 3.8) is 0 Å². The number of hydrogen-bond donors (Lipinski definition) is 1.